The van der Waals surface area contributed by atoms with Gasteiger partial charge in [-0.1, -0.05) is 143 Å². The molecule has 0 spiro atoms. The quantitative estimate of drug-likeness (QED) is 0.0186. The summed E-state index contributed by atoms with van der Waals surface area (Å²) in [6, 6.07) is 0. The van der Waals surface area contributed by atoms with Crippen molar-refractivity contribution >= 4 is 19.8 Å². The first-order chi connectivity index (χ1) is 26.7. The first-order valence-electron chi connectivity index (χ1n) is 20.6. The van der Waals surface area contributed by atoms with Crippen LogP contribution in [0.2, 0.25) is 0 Å². The predicted octanol–water partition coefficient (Wildman–Crippen LogP) is 11.6. The van der Waals surface area contributed by atoms with Gasteiger partial charge in [-0.05, 0) is 89.9 Å². The molecular weight excluding hydrogens is 715 g/mol. The van der Waals surface area contributed by atoms with Crippen molar-refractivity contribution in [2.75, 3.05) is 13.2 Å². The molecule has 0 rings (SSSR count). The van der Waals surface area contributed by atoms with Gasteiger partial charge < -0.3 is 24.4 Å². The molecule has 2 atom stereocenters. The average molecular weight is 789 g/mol. The average Bonchev–Trinajstić information content (AvgIpc) is 3.15. The second kappa shape index (κ2) is 39.2. The van der Waals surface area contributed by atoms with Crippen molar-refractivity contribution in [1.82, 2.24) is 0 Å². The smallest absolute Gasteiger partial charge is 0.462 e. The van der Waals surface area contributed by atoms with Crippen molar-refractivity contribution in [3.05, 3.63) is 97.2 Å². The fraction of sp³-hybridized carbons (Fsp3) is 0.600. The Balaban J connectivity index is 4.20. The summed E-state index contributed by atoms with van der Waals surface area (Å²) in [6.45, 7) is 3.46. The Bertz CT molecular complexity index is 1220. The van der Waals surface area contributed by atoms with Crippen LogP contribution >= 0.6 is 7.82 Å². The number of carbonyl (C=O) groups is 2. The highest BCUT2D eigenvalue weighted by atomic mass is 31.2. The van der Waals surface area contributed by atoms with Gasteiger partial charge in [0.15, 0.2) is 6.10 Å². The second-order valence-electron chi connectivity index (χ2n) is 13.5. The number of carbonyl (C=O) groups excluding carboxylic acids is 2. The number of unbranched alkanes of at least 4 members (excludes halogenated alkanes) is 10. The molecule has 0 fully saturated rings. The molecule has 0 aliphatic carbocycles. The zero-order valence-corrected chi connectivity index (χ0v) is 34.8. The minimum Gasteiger partial charge on any atom is -0.462 e. The zero-order chi connectivity index (χ0) is 40.5. The summed E-state index contributed by atoms with van der Waals surface area (Å²) < 4.78 is 26.2. The highest BCUT2D eigenvalue weighted by Gasteiger charge is 2.22. The minimum absolute atomic E-state index is 0.0638. The molecule has 0 aliphatic heterocycles. The van der Waals surface area contributed by atoms with E-state index in [9.17, 15) is 19.3 Å². The van der Waals surface area contributed by atoms with Crippen LogP contribution in [0.15, 0.2) is 97.2 Å². The third-order valence-corrected chi connectivity index (χ3v) is 8.64. The maximum absolute atomic E-state index is 12.4. The lowest BCUT2D eigenvalue weighted by Crippen LogP contribution is -2.29. The molecule has 0 heterocycles. The lowest BCUT2D eigenvalue weighted by atomic mass is 10.1. The Morgan fingerprint density at radius 3 is 1.60 bits per heavy atom. The summed E-state index contributed by atoms with van der Waals surface area (Å²) in [6.07, 6.45) is 50.1. The third-order valence-electron chi connectivity index (χ3n) is 8.16. The molecule has 0 saturated heterocycles. The number of phosphoric acid groups is 1. The maximum Gasteiger partial charge on any atom is 0.469 e. The highest BCUT2D eigenvalue weighted by Crippen LogP contribution is 2.36. The highest BCUT2D eigenvalue weighted by molar-refractivity contribution is 7.46. The summed E-state index contributed by atoms with van der Waals surface area (Å²) >= 11 is 0. The standard InChI is InChI=1S/C45H73O9P/c1-3-5-7-9-11-13-14-15-16-17-18-19-20-21-22-24-26-30-34-38-44(47)52-40-43(41-53-55(49,50)51)54-45(48)39-35-31-27-29-33-37-42(46)36-32-28-25-23-12-10-8-6-4-2/h11-13,15-16,18-19,21-23,27-29,32-33,37,42-43,46H,3-10,14,17,20,24-26,30-31,34-36,38-41H2,1-2H3,(H2,49,50,51)/b13-11-,16-15-,19-18-,22-21-,23-12-,29-27+,32-28-,37-33-/t42?,43-/m1/s1. The summed E-state index contributed by atoms with van der Waals surface area (Å²) in [5.74, 6) is -1.06. The molecule has 0 amide bonds. The molecule has 0 aromatic heterocycles. The number of hydrogen-bond donors (Lipinski definition) is 3. The number of phosphoric ester groups is 1. The van der Waals surface area contributed by atoms with E-state index in [1.54, 1.807) is 18.2 Å². The van der Waals surface area contributed by atoms with Crippen LogP contribution in [-0.4, -0.2) is 52.3 Å². The molecule has 1 unspecified atom stereocenters. The maximum atomic E-state index is 12.4. The van der Waals surface area contributed by atoms with Gasteiger partial charge in [0.25, 0.3) is 0 Å². The monoisotopic (exact) mass is 788 g/mol. The van der Waals surface area contributed by atoms with E-state index in [0.717, 1.165) is 51.4 Å². The lowest BCUT2D eigenvalue weighted by Gasteiger charge is -2.18. The van der Waals surface area contributed by atoms with Gasteiger partial charge in [-0.3, -0.25) is 14.1 Å². The molecule has 3 N–H and O–H groups in total. The second-order valence-corrected chi connectivity index (χ2v) is 14.7. The molecule has 0 bridgehead atoms. The van der Waals surface area contributed by atoms with Crippen molar-refractivity contribution < 1.29 is 43.0 Å². The van der Waals surface area contributed by atoms with Crippen LogP contribution in [0.1, 0.15) is 149 Å². The van der Waals surface area contributed by atoms with Gasteiger partial charge in [-0.25, -0.2) is 4.57 Å². The number of esters is 2. The van der Waals surface area contributed by atoms with Gasteiger partial charge in [-0.2, -0.15) is 0 Å². The van der Waals surface area contributed by atoms with Crippen molar-refractivity contribution in [1.29, 1.82) is 0 Å². The van der Waals surface area contributed by atoms with E-state index in [-0.39, 0.29) is 19.4 Å². The van der Waals surface area contributed by atoms with Crippen molar-refractivity contribution in [3.8, 4) is 0 Å². The first-order valence-corrected chi connectivity index (χ1v) is 22.2. The summed E-state index contributed by atoms with van der Waals surface area (Å²) in [4.78, 5) is 42.8. The fourth-order valence-electron chi connectivity index (χ4n) is 5.02. The van der Waals surface area contributed by atoms with Gasteiger partial charge in [0.2, 0.25) is 0 Å². The summed E-state index contributed by atoms with van der Waals surface area (Å²) in [5.41, 5.74) is 0. The number of ether oxygens (including phenoxy) is 2. The molecule has 10 heteroatoms. The van der Waals surface area contributed by atoms with Gasteiger partial charge in [0.1, 0.15) is 6.61 Å². The Kier molecular flexibility index (Phi) is 37.0. The van der Waals surface area contributed by atoms with E-state index < -0.39 is 38.6 Å². The van der Waals surface area contributed by atoms with Crippen LogP contribution in [0.25, 0.3) is 0 Å². The number of aliphatic hydroxyl groups excluding tert-OH is 1. The number of allylic oxidation sites excluding steroid dienone is 14. The molecule has 0 aromatic rings. The molecule has 55 heavy (non-hydrogen) atoms. The van der Waals surface area contributed by atoms with Crippen LogP contribution in [0.5, 0.6) is 0 Å². The van der Waals surface area contributed by atoms with Gasteiger partial charge in [0.05, 0.1) is 12.7 Å². The fourth-order valence-corrected chi connectivity index (χ4v) is 5.38. The molecule has 0 saturated carbocycles. The SMILES string of the molecule is CCCCC/C=C\C/C=C\C/C=C\C/C=C\CCCCCC(=O)OC[C@H](COP(=O)(O)O)OC(=O)CCC/C=C/C=C\C(O)C/C=C\C/C=C\CCCCC. The normalized spacial score (nSPS) is 14.1. The molecule has 312 valence electrons. The summed E-state index contributed by atoms with van der Waals surface area (Å²) in [7, 11) is -4.81. The van der Waals surface area contributed by atoms with Crippen LogP contribution in [0, 0.1) is 0 Å². The Morgan fingerprint density at radius 2 is 1.05 bits per heavy atom. The zero-order valence-electron chi connectivity index (χ0n) is 33.9. The van der Waals surface area contributed by atoms with Crippen LogP contribution in [-0.2, 0) is 28.2 Å². The van der Waals surface area contributed by atoms with Crippen molar-refractivity contribution in [2.45, 2.75) is 161 Å². The third kappa shape index (κ3) is 41.9. The Labute approximate surface area is 333 Å². The van der Waals surface area contributed by atoms with E-state index >= 15 is 0 Å². The number of hydrogen-bond acceptors (Lipinski definition) is 7. The Hall–Kier alpha value is -3.07. The first kappa shape index (κ1) is 51.9. The van der Waals surface area contributed by atoms with E-state index in [1.165, 1.54) is 44.9 Å². The number of aliphatic hydroxyl groups is 1. The number of rotatable bonds is 36. The van der Waals surface area contributed by atoms with Crippen molar-refractivity contribution in [2.24, 2.45) is 0 Å². The summed E-state index contributed by atoms with van der Waals surface area (Å²) in [5, 5.41) is 10.1. The van der Waals surface area contributed by atoms with E-state index in [1.807, 2.05) is 18.2 Å². The van der Waals surface area contributed by atoms with Crippen LogP contribution < -0.4 is 0 Å². The molecule has 0 aromatic carbocycles. The lowest BCUT2D eigenvalue weighted by molar-refractivity contribution is -0.161. The molecule has 0 radical (unpaired) electrons. The van der Waals surface area contributed by atoms with Crippen molar-refractivity contribution in [3.63, 3.8) is 0 Å². The van der Waals surface area contributed by atoms with E-state index in [0.29, 0.717) is 25.7 Å². The van der Waals surface area contributed by atoms with Gasteiger partial charge >= 0.3 is 19.8 Å². The van der Waals surface area contributed by atoms with E-state index in [2.05, 4.69) is 79.1 Å². The van der Waals surface area contributed by atoms with Gasteiger partial charge in [-0.15, -0.1) is 0 Å². The largest absolute Gasteiger partial charge is 0.469 e. The van der Waals surface area contributed by atoms with E-state index in [4.69, 9.17) is 19.3 Å². The van der Waals surface area contributed by atoms with Crippen LogP contribution in [0.4, 0.5) is 0 Å². The predicted molar refractivity (Wildman–Crippen MR) is 226 cm³/mol. The minimum atomic E-state index is -4.81. The molecule has 0 aliphatic rings. The molecular formula is C45H73O9P. The van der Waals surface area contributed by atoms with Gasteiger partial charge in [0, 0.05) is 12.8 Å². The topological polar surface area (TPSA) is 140 Å². The molecule has 9 nitrogen and oxygen atoms in total. The Morgan fingerprint density at radius 1 is 0.564 bits per heavy atom. The van der Waals surface area contributed by atoms with Crippen LogP contribution in [0.3, 0.4) is 0 Å².